The summed E-state index contributed by atoms with van der Waals surface area (Å²) in [5, 5.41) is 0. The molecule has 0 aromatic heterocycles. The van der Waals surface area contributed by atoms with E-state index in [4.69, 9.17) is 4.74 Å². The van der Waals surface area contributed by atoms with Gasteiger partial charge in [0.1, 0.15) is 0 Å². The van der Waals surface area contributed by atoms with Crippen LogP contribution < -0.4 is 0 Å². The maximum absolute atomic E-state index is 5.44. The van der Waals surface area contributed by atoms with Gasteiger partial charge in [-0.3, -0.25) is 0 Å². The molecule has 13 heavy (non-hydrogen) atoms. The Bertz CT molecular complexity index is 162. The quantitative estimate of drug-likeness (QED) is 0.637. The van der Waals surface area contributed by atoms with Gasteiger partial charge in [-0.1, -0.05) is 13.8 Å². The van der Waals surface area contributed by atoms with Crippen LogP contribution in [-0.2, 0) is 4.74 Å². The molecule has 1 heteroatoms. The lowest BCUT2D eigenvalue weighted by Gasteiger charge is -2.16. The normalized spacial score (nSPS) is 44.3. The van der Waals surface area contributed by atoms with Crippen LogP contribution in [-0.4, -0.2) is 13.2 Å². The van der Waals surface area contributed by atoms with E-state index in [2.05, 4.69) is 13.8 Å². The molecule has 0 N–H and O–H groups in total. The van der Waals surface area contributed by atoms with Crippen molar-refractivity contribution in [3.8, 4) is 0 Å². The minimum Gasteiger partial charge on any atom is -0.381 e. The molecule has 0 spiro atoms. The summed E-state index contributed by atoms with van der Waals surface area (Å²) in [6.07, 6.45) is 6.21. The maximum Gasteiger partial charge on any atom is 0.0576 e. The van der Waals surface area contributed by atoms with Crippen molar-refractivity contribution in [3.05, 3.63) is 0 Å². The molecule has 0 aromatic rings. The van der Waals surface area contributed by atoms with Crippen molar-refractivity contribution < 1.29 is 4.74 Å². The topological polar surface area (TPSA) is 9.23 Å². The van der Waals surface area contributed by atoms with Crippen LogP contribution >= 0.6 is 0 Å². The summed E-state index contributed by atoms with van der Waals surface area (Å²) in [5.41, 5.74) is 0. The highest BCUT2D eigenvalue weighted by molar-refractivity contribution is 4.92. The molecule has 0 aromatic carbocycles. The van der Waals surface area contributed by atoms with Gasteiger partial charge in [0.2, 0.25) is 0 Å². The van der Waals surface area contributed by atoms with Crippen LogP contribution in [0.4, 0.5) is 0 Å². The lowest BCUT2D eigenvalue weighted by atomic mass is 9.91. The first kappa shape index (κ1) is 9.51. The minimum absolute atomic E-state index is 0.586. The highest BCUT2D eigenvalue weighted by Gasteiger charge is 2.42. The molecule has 0 radical (unpaired) electrons. The zero-order chi connectivity index (χ0) is 9.42. The molecular formula is C12H22O. The predicted octanol–water partition coefficient (Wildman–Crippen LogP) is 3.09. The van der Waals surface area contributed by atoms with Gasteiger partial charge in [-0.05, 0) is 49.4 Å². The van der Waals surface area contributed by atoms with E-state index in [1.165, 1.54) is 25.7 Å². The number of methoxy groups -OCH3 is 1. The van der Waals surface area contributed by atoms with E-state index in [0.717, 1.165) is 23.7 Å². The van der Waals surface area contributed by atoms with Crippen molar-refractivity contribution in [2.24, 2.45) is 23.7 Å². The van der Waals surface area contributed by atoms with Gasteiger partial charge < -0.3 is 4.74 Å². The fourth-order valence-corrected chi connectivity index (χ4v) is 3.34. The number of hydrogen-bond donors (Lipinski definition) is 0. The van der Waals surface area contributed by atoms with Gasteiger partial charge in [0.25, 0.3) is 0 Å². The first-order chi connectivity index (χ1) is 6.20. The minimum atomic E-state index is 0.586. The van der Waals surface area contributed by atoms with Gasteiger partial charge in [-0.15, -0.1) is 0 Å². The average molecular weight is 182 g/mol. The summed E-state index contributed by atoms with van der Waals surface area (Å²) in [6.45, 7) is 4.75. The molecule has 2 unspecified atom stereocenters. The summed E-state index contributed by atoms with van der Waals surface area (Å²) in [5.74, 6) is 3.90. The number of fused-ring (bicyclic) bond motifs is 1. The fraction of sp³-hybridized carbons (Fsp3) is 1.00. The fourth-order valence-electron chi connectivity index (χ4n) is 3.34. The second-order valence-corrected chi connectivity index (χ2v) is 5.32. The highest BCUT2D eigenvalue weighted by atomic mass is 16.5. The first-order valence-electron chi connectivity index (χ1n) is 5.73. The van der Waals surface area contributed by atoms with E-state index in [9.17, 15) is 0 Å². The molecule has 2 saturated carbocycles. The molecule has 76 valence electrons. The lowest BCUT2D eigenvalue weighted by molar-refractivity contribution is 0.0983. The molecule has 0 heterocycles. The van der Waals surface area contributed by atoms with Gasteiger partial charge >= 0.3 is 0 Å². The van der Waals surface area contributed by atoms with Gasteiger partial charge in [-0.25, -0.2) is 0 Å². The standard InChI is InChI=1S/C12H22O/c1-8(2)9-4-10-6-12(13-3)7-11(10)5-9/h8-12H,4-7H2,1-3H3. The van der Waals surface area contributed by atoms with E-state index < -0.39 is 0 Å². The number of rotatable bonds is 2. The third-order valence-electron chi connectivity index (χ3n) is 4.29. The predicted molar refractivity (Wildman–Crippen MR) is 54.6 cm³/mol. The van der Waals surface area contributed by atoms with Crippen LogP contribution in [0, 0.1) is 23.7 Å². The van der Waals surface area contributed by atoms with Crippen molar-refractivity contribution in [2.45, 2.75) is 45.6 Å². The molecule has 2 rings (SSSR count). The molecule has 2 atom stereocenters. The van der Waals surface area contributed by atoms with E-state index >= 15 is 0 Å². The summed E-state index contributed by atoms with van der Waals surface area (Å²) < 4.78 is 5.44. The number of hydrogen-bond acceptors (Lipinski definition) is 1. The van der Waals surface area contributed by atoms with Crippen molar-refractivity contribution in [3.63, 3.8) is 0 Å². The molecule has 0 saturated heterocycles. The molecule has 0 aliphatic heterocycles. The van der Waals surface area contributed by atoms with E-state index in [0.29, 0.717) is 6.10 Å². The SMILES string of the molecule is COC1CC2CC(C(C)C)CC2C1. The zero-order valence-electron chi connectivity index (χ0n) is 9.12. The van der Waals surface area contributed by atoms with Gasteiger partial charge in [0.05, 0.1) is 6.10 Å². The summed E-state index contributed by atoms with van der Waals surface area (Å²) >= 11 is 0. The van der Waals surface area contributed by atoms with Crippen LogP contribution in [0.25, 0.3) is 0 Å². The van der Waals surface area contributed by atoms with Gasteiger partial charge in [0.15, 0.2) is 0 Å². The molecule has 0 amide bonds. The Morgan fingerprint density at radius 2 is 1.54 bits per heavy atom. The van der Waals surface area contributed by atoms with E-state index in [-0.39, 0.29) is 0 Å². The summed E-state index contributed by atoms with van der Waals surface area (Å²) in [7, 11) is 1.87. The zero-order valence-corrected chi connectivity index (χ0v) is 9.12. The second-order valence-electron chi connectivity index (χ2n) is 5.32. The van der Waals surface area contributed by atoms with Crippen molar-refractivity contribution >= 4 is 0 Å². The number of ether oxygens (including phenoxy) is 1. The Hall–Kier alpha value is -0.0400. The largest absolute Gasteiger partial charge is 0.381 e. The molecule has 2 fully saturated rings. The van der Waals surface area contributed by atoms with Gasteiger partial charge in [0, 0.05) is 7.11 Å². The van der Waals surface area contributed by atoms with Crippen molar-refractivity contribution in [1.29, 1.82) is 0 Å². The van der Waals surface area contributed by atoms with Crippen LogP contribution in [0.1, 0.15) is 39.5 Å². The summed E-state index contributed by atoms with van der Waals surface area (Å²) in [6, 6.07) is 0. The lowest BCUT2D eigenvalue weighted by Crippen LogP contribution is -2.10. The van der Waals surface area contributed by atoms with Gasteiger partial charge in [-0.2, -0.15) is 0 Å². The van der Waals surface area contributed by atoms with Crippen LogP contribution in [0.5, 0.6) is 0 Å². The third kappa shape index (κ3) is 1.76. The molecule has 1 nitrogen and oxygen atoms in total. The molecular weight excluding hydrogens is 160 g/mol. The second kappa shape index (κ2) is 3.61. The van der Waals surface area contributed by atoms with Crippen LogP contribution in [0.3, 0.4) is 0 Å². The van der Waals surface area contributed by atoms with Crippen LogP contribution in [0.2, 0.25) is 0 Å². The Kier molecular flexibility index (Phi) is 2.64. The smallest absolute Gasteiger partial charge is 0.0576 e. The Balaban J connectivity index is 1.89. The first-order valence-corrected chi connectivity index (χ1v) is 5.73. The van der Waals surface area contributed by atoms with Crippen LogP contribution in [0.15, 0.2) is 0 Å². The van der Waals surface area contributed by atoms with Crippen molar-refractivity contribution in [2.75, 3.05) is 7.11 Å². The average Bonchev–Trinajstić information content (AvgIpc) is 2.58. The Labute approximate surface area is 81.9 Å². The highest BCUT2D eigenvalue weighted by Crippen LogP contribution is 2.49. The Morgan fingerprint density at radius 1 is 1.00 bits per heavy atom. The molecule has 2 aliphatic carbocycles. The Morgan fingerprint density at radius 3 is 1.92 bits per heavy atom. The van der Waals surface area contributed by atoms with Crippen molar-refractivity contribution in [1.82, 2.24) is 0 Å². The monoisotopic (exact) mass is 182 g/mol. The molecule has 2 aliphatic rings. The maximum atomic E-state index is 5.44. The summed E-state index contributed by atoms with van der Waals surface area (Å²) in [4.78, 5) is 0. The van der Waals surface area contributed by atoms with E-state index in [1.807, 2.05) is 7.11 Å². The molecule has 0 bridgehead atoms. The van der Waals surface area contributed by atoms with E-state index in [1.54, 1.807) is 0 Å². The third-order valence-corrected chi connectivity index (χ3v) is 4.29.